The van der Waals surface area contributed by atoms with Crippen LogP contribution < -0.4 is 10.6 Å². The summed E-state index contributed by atoms with van der Waals surface area (Å²) in [4.78, 5) is 24.5. The molecule has 0 radical (unpaired) electrons. The third-order valence-electron chi connectivity index (χ3n) is 3.42. The van der Waals surface area contributed by atoms with Crippen molar-refractivity contribution in [1.82, 2.24) is 5.32 Å². The average molecular weight is 345 g/mol. The fourth-order valence-corrected chi connectivity index (χ4v) is 4.76. The van der Waals surface area contributed by atoms with Crippen molar-refractivity contribution in [2.24, 2.45) is 0 Å². The molecule has 0 saturated carbocycles. The minimum atomic E-state index is -3.64. The lowest BCUT2D eigenvalue weighted by molar-refractivity contribution is -0.119. The van der Waals surface area contributed by atoms with Gasteiger partial charge in [0.25, 0.3) is 7.37 Å². The molecule has 0 aliphatic rings. The third kappa shape index (κ3) is 3.99. The van der Waals surface area contributed by atoms with Crippen molar-refractivity contribution < 1.29 is 18.7 Å². The smallest absolute Gasteiger partial charge is 0.261 e. The normalized spacial score (nSPS) is 14.4. The molecule has 0 fully saturated rings. The van der Waals surface area contributed by atoms with Gasteiger partial charge in [-0.25, -0.2) is 0 Å². The Bertz CT molecular complexity index is 746. The molecule has 1 N–H and O–H groups in total. The van der Waals surface area contributed by atoms with Gasteiger partial charge in [0.2, 0.25) is 5.91 Å². The predicted octanol–water partition coefficient (Wildman–Crippen LogP) is 2.97. The predicted molar refractivity (Wildman–Crippen MR) is 93.7 cm³/mol. The first-order valence-electron chi connectivity index (χ1n) is 7.65. The van der Waals surface area contributed by atoms with E-state index in [-0.39, 0.29) is 6.61 Å². The lowest BCUT2D eigenvalue weighted by atomic mass is 10.1. The number of Topliss-reactive ketones (excluding diaryl/α,β-unsaturated/α-hetero) is 1. The van der Waals surface area contributed by atoms with E-state index in [1.165, 1.54) is 6.92 Å². The van der Waals surface area contributed by atoms with Gasteiger partial charge in [0.15, 0.2) is 11.6 Å². The molecule has 126 valence electrons. The van der Waals surface area contributed by atoms with Gasteiger partial charge in [0.1, 0.15) is 0 Å². The molecule has 1 amide bonds. The van der Waals surface area contributed by atoms with Crippen LogP contribution in [-0.2, 0) is 13.9 Å². The summed E-state index contributed by atoms with van der Waals surface area (Å²) >= 11 is 0. The van der Waals surface area contributed by atoms with Crippen molar-refractivity contribution in [3.05, 3.63) is 66.2 Å². The highest BCUT2D eigenvalue weighted by molar-refractivity contribution is 7.68. The second kappa shape index (κ2) is 8.04. The maximum absolute atomic E-state index is 13.6. The summed E-state index contributed by atoms with van der Waals surface area (Å²) in [5.74, 6) is -2.15. The van der Waals surface area contributed by atoms with E-state index in [1.807, 2.05) is 0 Å². The molecular formula is C18H20NO4P. The molecule has 0 aliphatic heterocycles. The minimum Gasteiger partial charge on any atom is -0.338 e. The standard InChI is InChI=1S/C18H20NO4P/c1-3-23-24(22,16-12-8-5-9-13-16)18(19-14(2)20)17(21)15-10-6-4-7-11-15/h4-13,18H,3H2,1-2H3,(H,19,20). The summed E-state index contributed by atoms with van der Waals surface area (Å²) in [6.45, 7) is 3.14. The number of amides is 1. The maximum Gasteiger partial charge on any atom is 0.261 e. The SMILES string of the molecule is CCOP(=O)(c1ccccc1)C(NC(C)=O)C(=O)c1ccccc1. The zero-order chi connectivity index (χ0) is 17.6. The summed E-state index contributed by atoms with van der Waals surface area (Å²) in [5, 5.41) is 2.92. The highest BCUT2D eigenvalue weighted by atomic mass is 31.2. The zero-order valence-electron chi connectivity index (χ0n) is 13.6. The van der Waals surface area contributed by atoms with E-state index in [0.29, 0.717) is 10.9 Å². The summed E-state index contributed by atoms with van der Waals surface area (Å²) in [6.07, 6.45) is 0. The molecule has 2 rings (SSSR count). The van der Waals surface area contributed by atoms with Crippen molar-refractivity contribution in [2.45, 2.75) is 19.6 Å². The molecule has 0 spiro atoms. The maximum atomic E-state index is 13.6. The van der Waals surface area contributed by atoms with Gasteiger partial charge in [0, 0.05) is 17.8 Å². The molecule has 0 heterocycles. The molecule has 2 atom stereocenters. The van der Waals surface area contributed by atoms with E-state index in [0.717, 1.165) is 0 Å². The van der Waals surface area contributed by atoms with Crippen LogP contribution in [-0.4, -0.2) is 24.1 Å². The average Bonchev–Trinajstić information content (AvgIpc) is 2.60. The van der Waals surface area contributed by atoms with Crippen molar-refractivity contribution in [3.63, 3.8) is 0 Å². The number of nitrogens with one attached hydrogen (secondary N) is 1. The van der Waals surface area contributed by atoms with E-state index in [9.17, 15) is 14.2 Å². The third-order valence-corrected chi connectivity index (χ3v) is 6.13. The van der Waals surface area contributed by atoms with Crippen LogP contribution in [0.15, 0.2) is 60.7 Å². The quantitative estimate of drug-likeness (QED) is 0.618. The number of carbonyl (C=O) groups is 2. The first kappa shape index (κ1) is 18.1. The summed E-state index contributed by atoms with van der Waals surface area (Å²) in [6, 6.07) is 17.0. The van der Waals surface area contributed by atoms with E-state index < -0.39 is 24.8 Å². The van der Waals surface area contributed by atoms with Crippen LogP contribution in [0, 0.1) is 0 Å². The highest BCUT2D eigenvalue weighted by Gasteiger charge is 2.42. The Labute approximate surface area is 141 Å². The number of hydrogen-bond donors (Lipinski definition) is 1. The van der Waals surface area contributed by atoms with Gasteiger partial charge in [-0.15, -0.1) is 0 Å². The van der Waals surface area contributed by atoms with Gasteiger partial charge in [-0.3, -0.25) is 14.2 Å². The minimum absolute atomic E-state index is 0.157. The first-order chi connectivity index (χ1) is 11.5. The second-order valence-corrected chi connectivity index (χ2v) is 7.67. The summed E-state index contributed by atoms with van der Waals surface area (Å²) < 4.78 is 19.1. The topological polar surface area (TPSA) is 72.5 Å². The second-order valence-electron chi connectivity index (χ2n) is 5.18. The van der Waals surface area contributed by atoms with E-state index >= 15 is 0 Å². The van der Waals surface area contributed by atoms with Crippen LogP contribution in [0.4, 0.5) is 0 Å². The van der Waals surface area contributed by atoms with Crippen molar-refractivity contribution >= 4 is 24.4 Å². The van der Waals surface area contributed by atoms with Gasteiger partial charge >= 0.3 is 0 Å². The Balaban J connectivity index is 2.53. The molecule has 0 aliphatic carbocycles. The van der Waals surface area contributed by atoms with Crippen LogP contribution >= 0.6 is 7.37 Å². The first-order valence-corrected chi connectivity index (χ1v) is 9.34. The van der Waals surface area contributed by atoms with Crippen molar-refractivity contribution in [1.29, 1.82) is 0 Å². The fourth-order valence-electron chi connectivity index (χ4n) is 2.38. The van der Waals surface area contributed by atoms with Crippen molar-refractivity contribution in [3.8, 4) is 0 Å². The fraction of sp³-hybridized carbons (Fsp3) is 0.222. The molecule has 2 aromatic rings. The molecule has 0 bridgehead atoms. The molecule has 2 unspecified atom stereocenters. The zero-order valence-corrected chi connectivity index (χ0v) is 14.5. The molecule has 0 aromatic heterocycles. The Morgan fingerprint density at radius 2 is 1.58 bits per heavy atom. The number of rotatable bonds is 7. The Kier molecular flexibility index (Phi) is 6.07. The van der Waals surface area contributed by atoms with Crippen LogP contribution in [0.3, 0.4) is 0 Å². The lowest BCUT2D eigenvalue weighted by Crippen LogP contribution is -2.42. The molecule has 2 aromatic carbocycles. The van der Waals surface area contributed by atoms with Gasteiger partial charge in [-0.2, -0.15) is 0 Å². The summed E-state index contributed by atoms with van der Waals surface area (Å²) in [5.41, 5.74) is 0.368. The molecule has 5 nitrogen and oxygen atoms in total. The summed E-state index contributed by atoms with van der Waals surface area (Å²) in [7, 11) is -3.64. The van der Waals surface area contributed by atoms with Crippen molar-refractivity contribution in [2.75, 3.05) is 6.61 Å². The monoisotopic (exact) mass is 345 g/mol. The van der Waals surface area contributed by atoms with E-state index in [4.69, 9.17) is 4.52 Å². The number of ketones is 1. The van der Waals surface area contributed by atoms with Crippen LogP contribution in [0.5, 0.6) is 0 Å². The molecular weight excluding hydrogens is 325 g/mol. The van der Waals surface area contributed by atoms with Crippen LogP contribution in [0.2, 0.25) is 0 Å². The van der Waals surface area contributed by atoms with Gasteiger partial charge < -0.3 is 9.84 Å². The molecule has 24 heavy (non-hydrogen) atoms. The Hall–Kier alpha value is -2.23. The number of benzene rings is 2. The lowest BCUT2D eigenvalue weighted by Gasteiger charge is -2.27. The van der Waals surface area contributed by atoms with Gasteiger partial charge in [0.05, 0.1) is 6.61 Å². The number of carbonyl (C=O) groups excluding carboxylic acids is 2. The van der Waals surface area contributed by atoms with E-state index in [2.05, 4.69) is 5.32 Å². The molecule has 6 heteroatoms. The largest absolute Gasteiger partial charge is 0.338 e. The Morgan fingerprint density at radius 3 is 2.08 bits per heavy atom. The highest BCUT2D eigenvalue weighted by Crippen LogP contribution is 2.50. The van der Waals surface area contributed by atoms with Crippen LogP contribution in [0.1, 0.15) is 24.2 Å². The van der Waals surface area contributed by atoms with E-state index in [1.54, 1.807) is 67.6 Å². The Morgan fingerprint density at radius 1 is 1.04 bits per heavy atom. The van der Waals surface area contributed by atoms with Gasteiger partial charge in [-0.05, 0) is 19.1 Å². The molecule has 0 saturated heterocycles. The van der Waals surface area contributed by atoms with Gasteiger partial charge in [-0.1, -0.05) is 48.5 Å². The number of hydrogen-bond acceptors (Lipinski definition) is 4. The van der Waals surface area contributed by atoms with Crippen LogP contribution in [0.25, 0.3) is 0 Å².